The number of rotatable bonds is 3. The number of aromatic carboxylic acids is 1. The Balaban J connectivity index is 2.75. The van der Waals surface area contributed by atoms with E-state index < -0.39 is 23.9 Å². The van der Waals surface area contributed by atoms with Crippen LogP contribution in [0.3, 0.4) is 0 Å². The molecule has 0 spiro atoms. The van der Waals surface area contributed by atoms with E-state index in [0.717, 1.165) is 6.07 Å². The first-order valence-electron chi connectivity index (χ1n) is 4.93. The highest BCUT2D eigenvalue weighted by atomic mass is 19.3. The molecule has 0 saturated carbocycles. The second-order valence-corrected chi connectivity index (χ2v) is 3.50. The molecule has 0 aliphatic rings. The molecule has 94 valence electrons. The maximum Gasteiger partial charge on any atom is 0.387 e. The molecule has 0 aliphatic carbocycles. The molecule has 0 radical (unpaired) electrons. The molecule has 2 aromatic rings. The summed E-state index contributed by atoms with van der Waals surface area (Å²) in [5.74, 6) is -2.17. The number of halogens is 2. The van der Waals surface area contributed by atoms with Crippen molar-refractivity contribution in [1.29, 1.82) is 0 Å². The van der Waals surface area contributed by atoms with Gasteiger partial charge < -0.3 is 14.9 Å². The lowest BCUT2D eigenvalue weighted by molar-refractivity contribution is -0.0488. The molecule has 0 atom stereocenters. The third-order valence-electron chi connectivity index (χ3n) is 2.42. The van der Waals surface area contributed by atoms with Gasteiger partial charge in [0, 0.05) is 10.8 Å². The van der Waals surface area contributed by atoms with Crippen LogP contribution < -0.4 is 4.74 Å². The number of benzene rings is 2. The maximum atomic E-state index is 12.2. The summed E-state index contributed by atoms with van der Waals surface area (Å²) >= 11 is 0. The number of hydrogen-bond donors (Lipinski definition) is 2. The Morgan fingerprint density at radius 3 is 2.39 bits per heavy atom. The van der Waals surface area contributed by atoms with Gasteiger partial charge in [0.2, 0.25) is 0 Å². The summed E-state index contributed by atoms with van der Waals surface area (Å²) in [5.41, 5.74) is -0.482. The van der Waals surface area contributed by atoms with Crippen molar-refractivity contribution in [3.8, 4) is 11.5 Å². The van der Waals surface area contributed by atoms with Crippen LogP contribution in [-0.2, 0) is 0 Å². The van der Waals surface area contributed by atoms with Crippen LogP contribution in [0, 0.1) is 0 Å². The van der Waals surface area contributed by atoms with Crippen LogP contribution in [0.4, 0.5) is 8.78 Å². The third kappa shape index (κ3) is 2.04. The molecule has 6 heteroatoms. The molecule has 2 N–H and O–H groups in total. The first-order valence-corrected chi connectivity index (χ1v) is 4.93. The Morgan fingerprint density at radius 1 is 1.22 bits per heavy atom. The fourth-order valence-corrected chi connectivity index (χ4v) is 1.68. The highest BCUT2D eigenvalue weighted by Crippen LogP contribution is 2.36. The zero-order valence-corrected chi connectivity index (χ0v) is 8.93. The number of alkyl halides is 2. The Kier molecular flexibility index (Phi) is 3.01. The molecular weight excluding hydrogens is 246 g/mol. The van der Waals surface area contributed by atoms with E-state index >= 15 is 0 Å². The number of aromatic hydroxyl groups is 1. The van der Waals surface area contributed by atoms with Gasteiger partial charge in [-0.25, -0.2) is 4.79 Å². The average Bonchev–Trinajstić information content (AvgIpc) is 2.32. The molecule has 0 aliphatic heterocycles. The highest BCUT2D eigenvalue weighted by Gasteiger charge is 2.18. The third-order valence-corrected chi connectivity index (χ3v) is 2.42. The topological polar surface area (TPSA) is 66.8 Å². The van der Waals surface area contributed by atoms with Gasteiger partial charge in [0.15, 0.2) is 0 Å². The van der Waals surface area contributed by atoms with Crippen LogP contribution in [0.15, 0.2) is 30.3 Å². The first kappa shape index (κ1) is 12.1. The summed E-state index contributed by atoms with van der Waals surface area (Å²) in [6.07, 6.45) is 0. The van der Waals surface area contributed by atoms with Crippen molar-refractivity contribution in [3.05, 3.63) is 35.9 Å². The smallest absolute Gasteiger partial charge is 0.387 e. The molecule has 2 rings (SSSR count). The zero-order valence-electron chi connectivity index (χ0n) is 8.93. The summed E-state index contributed by atoms with van der Waals surface area (Å²) in [7, 11) is 0. The lowest BCUT2D eigenvalue weighted by Crippen LogP contribution is -2.05. The fourth-order valence-electron chi connectivity index (χ4n) is 1.68. The van der Waals surface area contributed by atoms with Crippen molar-refractivity contribution in [3.63, 3.8) is 0 Å². The van der Waals surface area contributed by atoms with E-state index in [-0.39, 0.29) is 16.5 Å². The van der Waals surface area contributed by atoms with Crippen LogP contribution in [0.25, 0.3) is 10.8 Å². The van der Waals surface area contributed by atoms with Gasteiger partial charge >= 0.3 is 12.6 Å². The minimum Gasteiger partial charge on any atom is -0.506 e. The molecule has 0 aromatic heterocycles. The van der Waals surface area contributed by atoms with E-state index in [2.05, 4.69) is 4.74 Å². The van der Waals surface area contributed by atoms with E-state index in [1.54, 1.807) is 12.1 Å². The number of carbonyl (C=O) groups is 1. The highest BCUT2D eigenvalue weighted by molar-refractivity contribution is 6.03. The second-order valence-electron chi connectivity index (χ2n) is 3.50. The van der Waals surface area contributed by atoms with Crippen LogP contribution in [0.1, 0.15) is 10.4 Å². The van der Waals surface area contributed by atoms with Crippen molar-refractivity contribution in [2.45, 2.75) is 6.61 Å². The standard InChI is InChI=1S/C12H8F2O4/c13-12(14)18-9-5-8(11(16)17)10(15)7-4-2-1-3-6(7)9/h1-5,12,15H,(H,16,17). The summed E-state index contributed by atoms with van der Waals surface area (Å²) in [4.78, 5) is 10.9. The van der Waals surface area contributed by atoms with Crippen molar-refractivity contribution >= 4 is 16.7 Å². The number of hydrogen-bond acceptors (Lipinski definition) is 3. The first-order chi connectivity index (χ1) is 8.50. The Morgan fingerprint density at radius 2 is 1.83 bits per heavy atom. The van der Waals surface area contributed by atoms with Gasteiger partial charge in [0.25, 0.3) is 0 Å². The van der Waals surface area contributed by atoms with Crippen LogP contribution in [0.2, 0.25) is 0 Å². The predicted molar refractivity (Wildman–Crippen MR) is 59.2 cm³/mol. The minimum absolute atomic E-state index is 0.146. The quantitative estimate of drug-likeness (QED) is 0.883. The van der Waals surface area contributed by atoms with Gasteiger partial charge in [0.05, 0.1) is 0 Å². The van der Waals surface area contributed by atoms with Gasteiger partial charge in [0.1, 0.15) is 17.1 Å². The molecule has 4 nitrogen and oxygen atoms in total. The molecular formula is C12H8F2O4. The van der Waals surface area contributed by atoms with E-state index in [1.807, 2.05) is 0 Å². The summed E-state index contributed by atoms with van der Waals surface area (Å²) in [5, 5.41) is 19.0. The van der Waals surface area contributed by atoms with Gasteiger partial charge in [-0.1, -0.05) is 24.3 Å². The van der Waals surface area contributed by atoms with E-state index in [0.29, 0.717) is 0 Å². The van der Waals surface area contributed by atoms with Crippen LogP contribution >= 0.6 is 0 Å². The summed E-state index contributed by atoms with van der Waals surface area (Å²) in [6.45, 7) is -3.07. The predicted octanol–water partition coefficient (Wildman–Crippen LogP) is 2.85. The number of carboxylic acids is 1. The Hall–Kier alpha value is -2.37. The minimum atomic E-state index is -3.07. The van der Waals surface area contributed by atoms with E-state index in [4.69, 9.17) is 5.11 Å². The molecule has 0 heterocycles. The SMILES string of the molecule is O=C(O)c1cc(OC(F)F)c2ccccc2c1O. The largest absolute Gasteiger partial charge is 0.506 e. The molecule has 0 saturated heterocycles. The molecule has 0 fully saturated rings. The number of fused-ring (bicyclic) bond motifs is 1. The maximum absolute atomic E-state index is 12.2. The van der Waals surface area contributed by atoms with E-state index in [1.165, 1.54) is 12.1 Å². The monoisotopic (exact) mass is 254 g/mol. The average molecular weight is 254 g/mol. The van der Waals surface area contributed by atoms with Crippen molar-refractivity contribution in [1.82, 2.24) is 0 Å². The zero-order chi connectivity index (χ0) is 13.3. The van der Waals surface area contributed by atoms with Crippen molar-refractivity contribution in [2.75, 3.05) is 0 Å². The van der Waals surface area contributed by atoms with Gasteiger partial charge in [-0.05, 0) is 6.07 Å². The number of ether oxygens (including phenoxy) is 1. The summed E-state index contributed by atoms with van der Waals surface area (Å²) in [6, 6.07) is 6.89. The summed E-state index contributed by atoms with van der Waals surface area (Å²) < 4.78 is 28.8. The van der Waals surface area contributed by atoms with Crippen molar-refractivity contribution < 1.29 is 28.5 Å². The fraction of sp³-hybridized carbons (Fsp3) is 0.0833. The molecule has 0 bridgehead atoms. The molecule has 2 aromatic carbocycles. The molecule has 0 unspecified atom stereocenters. The normalized spacial score (nSPS) is 10.8. The van der Waals surface area contributed by atoms with Crippen molar-refractivity contribution in [2.24, 2.45) is 0 Å². The lowest BCUT2D eigenvalue weighted by Gasteiger charge is -2.11. The molecule has 18 heavy (non-hydrogen) atoms. The van der Waals surface area contributed by atoms with E-state index in [9.17, 15) is 18.7 Å². The Labute approximate surface area is 100 Å². The van der Waals surface area contributed by atoms with Crippen LogP contribution in [-0.4, -0.2) is 22.8 Å². The van der Waals surface area contributed by atoms with Crippen LogP contribution in [0.5, 0.6) is 11.5 Å². The number of phenols is 1. The lowest BCUT2D eigenvalue weighted by atomic mass is 10.0. The number of carboxylic acid groups (broad SMARTS) is 1. The van der Waals surface area contributed by atoms with Gasteiger partial charge in [-0.15, -0.1) is 0 Å². The van der Waals surface area contributed by atoms with Gasteiger partial charge in [-0.2, -0.15) is 8.78 Å². The molecule has 0 amide bonds. The van der Waals surface area contributed by atoms with Gasteiger partial charge in [-0.3, -0.25) is 0 Å². The second kappa shape index (κ2) is 4.48. The Bertz CT molecular complexity index is 610.